The van der Waals surface area contributed by atoms with Gasteiger partial charge in [-0.1, -0.05) is 6.92 Å². The number of rotatable bonds is 2. The number of carbonyl (C=O) groups excluding carboxylic acids is 1. The van der Waals surface area contributed by atoms with Crippen LogP contribution >= 0.6 is 15.9 Å². The van der Waals surface area contributed by atoms with Crippen molar-refractivity contribution < 1.29 is 14.7 Å². The third kappa shape index (κ3) is 3.12. The molecular weight excluding hydrogens is 324 g/mol. The number of nitrogens with zero attached hydrogens (tertiary/aromatic N) is 1. The Kier molecular flexibility index (Phi) is 4.32. The molecule has 6 heteroatoms. The van der Waals surface area contributed by atoms with Crippen molar-refractivity contribution in [2.24, 2.45) is 5.92 Å². The maximum Gasteiger partial charge on any atom is 0.335 e. The first-order valence-electron chi connectivity index (χ1n) is 6.49. The van der Waals surface area contributed by atoms with Gasteiger partial charge in [0, 0.05) is 17.1 Å². The highest BCUT2D eigenvalue weighted by Gasteiger charge is 2.30. The Morgan fingerprint density at radius 3 is 2.65 bits per heavy atom. The number of carboxylic acid groups (broad SMARTS) is 1. The SMILES string of the molecule is CC1CC(C)N(C(=O)Nc2cc(C(=O)O)ccc2Br)C1. The molecule has 1 fully saturated rings. The molecule has 2 N–H and O–H groups in total. The van der Waals surface area contributed by atoms with Crippen molar-refractivity contribution >= 4 is 33.6 Å². The van der Waals surface area contributed by atoms with Crippen LogP contribution in [-0.4, -0.2) is 34.6 Å². The van der Waals surface area contributed by atoms with Crippen LogP contribution in [0.3, 0.4) is 0 Å². The summed E-state index contributed by atoms with van der Waals surface area (Å²) in [5.74, 6) is -0.527. The number of aromatic carboxylic acids is 1. The summed E-state index contributed by atoms with van der Waals surface area (Å²) >= 11 is 3.32. The predicted octanol–water partition coefficient (Wildman–Crippen LogP) is 3.41. The van der Waals surface area contributed by atoms with Crippen molar-refractivity contribution in [3.63, 3.8) is 0 Å². The van der Waals surface area contributed by atoms with Crippen LogP contribution in [0.2, 0.25) is 0 Å². The number of halogens is 1. The molecule has 2 amide bonds. The summed E-state index contributed by atoms with van der Waals surface area (Å²) in [5, 5.41) is 11.8. The van der Waals surface area contributed by atoms with Gasteiger partial charge in [0.1, 0.15) is 0 Å². The number of anilines is 1. The molecule has 0 saturated carbocycles. The van der Waals surface area contributed by atoms with E-state index >= 15 is 0 Å². The Balaban J connectivity index is 2.15. The lowest BCUT2D eigenvalue weighted by Gasteiger charge is -2.22. The highest BCUT2D eigenvalue weighted by atomic mass is 79.9. The fraction of sp³-hybridized carbons (Fsp3) is 0.429. The third-order valence-electron chi connectivity index (χ3n) is 3.50. The molecule has 2 rings (SSSR count). The number of carbonyl (C=O) groups is 2. The first-order valence-corrected chi connectivity index (χ1v) is 7.28. The molecule has 1 saturated heterocycles. The number of nitrogens with one attached hydrogen (secondary N) is 1. The molecular formula is C14H17BrN2O3. The number of likely N-dealkylation sites (tertiary alicyclic amines) is 1. The summed E-state index contributed by atoms with van der Waals surface area (Å²) in [4.78, 5) is 25.0. The molecule has 0 aliphatic carbocycles. The van der Waals surface area contributed by atoms with Crippen molar-refractivity contribution in [3.8, 4) is 0 Å². The van der Waals surface area contributed by atoms with E-state index in [1.165, 1.54) is 12.1 Å². The normalized spacial score (nSPS) is 21.9. The van der Waals surface area contributed by atoms with E-state index in [0.717, 1.165) is 13.0 Å². The average Bonchev–Trinajstić information content (AvgIpc) is 2.71. The van der Waals surface area contributed by atoms with Gasteiger partial charge in [0.05, 0.1) is 11.3 Å². The van der Waals surface area contributed by atoms with E-state index in [1.54, 1.807) is 11.0 Å². The predicted molar refractivity (Wildman–Crippen MR) is 80.1 cm³/mol. The number of carboxylic acids is 1. The highest BCUT2D eigenvalue weighted by molar-refractivity contribution is 9.10. The maximum atomic E-state index is 12.3. The number of benzene rings is 1. The van der Waals surface area contributed by atoms with Crippen molar-refractivity contribution in [1.29, 1.82) is 0 Å². The van der Waals surface area contributed by atoms with Crippen LogP contribution in [-0.2, 0) is 0 Å². The van der Waals surface area contributed by atoms with E-state index in [-0.39, 0.29) is 17.6 Å². The molecule has 0 radical (unpaired) electrons. The van der Waals surface area contributed by atoms with Gasteiger partial charge in [-0.2, -0.15) is 0 Å². The zero-order valence-corrected chi connectivity index (χ0v) is 13.0. The summed E-state index contributed by atoms with van der Waals surface area (Å²) in [6, 6.07) is 4.57. The number of hydrogen-bond donors (Lipinski definition) is 2. The van der Waals surface area contributed by atoms with E-state index in [2.05, 4.69) is 28.2 Å². The first kappa shape index (κ1) is 14.8. The Morgan fingerprint density at radius 2 is 2.10 bits per heavy atom. The fourth-order valence-corrected chi connectivity index (χ4v) is 2.87. The van der Waals surface area contributed by atoms with Gasteiger partial charge in [-0.25, -0.2) is 9.59 Å². The van der Waals surface area contributed by atoms with Gasteiger partial charge in [0.15, 0.2) is 0 Å². The van der Waals surface area contributed by atoms with Crippen LogP contribution in [0.25, 0.3) is 0 Å². The summed E-state index contributed by atoms with van der Waals surface area (Å²) in [6.07, 6.45) is 0.990. The lowest BCUT2D eigenvalue weighted by atomic mass is 10.1. The number of urea groups is 1. The molecule has 0 spiro atoms. The molecule has 2 unspecified atom stereocenters. The van der Waals surface area contributed by atoms with Gasteiger partial charge in [0.2, 0.25) is 0 Å². The molecule has 0 aromatic heterocycles. The van der Waals surface area contributed by atoms with Gasteiger partial charge in [-0.3, -0.25) is 0 Å². The minimum absolute atomic E-state index is 0.145. The third-order valence-corrected chi connectivity index (χ3v) is 4.19. The van der Waals surface area contributed by atoms with E-state index < -0.39 is 5.97 Å². The molecule has 1 aromatic carbocycles. The van der Waals surface area contributed by atoms with Crippen LogP contribution in [0.4, 0.5) is 10.5 Å². The molecule has 5 nitrogen and oxygen atoms in total. The van der Waals surface area contributed by atoms with Gasteiger partial charge in [-0.15, -0.1) is 0 Å². The summed E-state index contributed by atoms with van der Waals surface area (Å²) < 4.78 is 0.663. The van der Waals surface area contributed by atoms with Crippen LogP contribution in [0.1, 0.15) is 30.6 Å². The largest absolute Gasteiger partial charge is 0.478 e. The quantitative estimate of drug-likeness (QED) is 0.866. The molecule has 1 aliphatic rings. The molecule has 20 heavy (non-hydrogen) atoms. The monoisotopic (exact) mass is 340 g/mol. The van der Waals surface area contributed by atoms with Gasteiger partial charge in [0.25, 0.3) is 0 Å². The van der Waals surface area contributed by atoms with Crippen molar-refractivity contribution in [2.75, 3.05) is 11.9 Å². The Morgan fingerprint density at radius 1 is 1.40 bits per heavy atom. The lowest BCUT2D eigenvalue weighted by Crippen LogP contribution is -2.37. The second kappa shape index (κ2) is 5.83. The molecule has 1 heterocycles. The van der Waals surface area contributed by atoms with Crippen LogP contribution < -0.4 is 5.32 Å². The van der Waals surface area contributed by atoms with Crippen molar-refractivity contribution in [1.82, 2.24) is 4.90 Å². The van der Waals surface area contributed by atoms with E-state index in [1.807, 2.05) is 6.92 Å². The summed E-state index contributed by atoms with van der Waals surface area (Å²) in [6.45, 7) is 4.86. The minimum Gasteiger partial charge on any atom is -0.478 e. The second-order valence-electron chi connectivity index (χ2n) is 5.27. The lowest BCUT2D eigenvalue weighted by molar-refractivity contribution is 0.0697. The maximum absolute atomic E-state index is 12.3. The Hall–Kier alpha value is -1.56. The first-order chi connectivity index (χ1) is 9.38. The van der Waals surface area contributed by atoms with Gasteiger partial charge in [-0.05, 0) is 53.4 Å². The van der Waals surface area contributed by atoms with E-state index in [9.17, 15) is 9.59 Å². The highest BCUT2D eigenvalue weighted by Crippen LogP contribution is 2.27. The minimum atomic E-state index is -1.02. The Labute approximate surface area is 126 Å². The van der Waals surface area contributed by atoms with Crippen molar-refractivity contribution in [2.45, 2.75) is 26.3 Å². The van der Waals surface area contributed by atoms with Crippen molar-refractivity contribution in [3.05, 3.63) is 28.2 Å². The van der Waals surface area contributed by atoms with E-state index in [0.29, 0.717) is 16.1 Å². The van der Waals surface area contributed by atoms with E-state index in [4.69, 9.17) is 5.11 Å². The number of hydrogen-bond acceptors (Lipinski definition) is 2. The molecule has 2 atom stereocenters. The van der Waals surface area contributed by atoms with Gasteiger partial charge >= 0.3 is 12.0 Å². The zero-order valence-electron chi connectivity index (χ0n) is 11.4. The standard InChI is InChI=1S/C14H17BrN2O3/c1-8-5-9(2)17(7-8)14(20)16-12-6-10(13(18)19)3-4-11(12)15/h3-4,6,8-9H,5,7H2,1-2H3,(H,16,20)(H,18,19). The van der Waals surface area contributed by atoms with Gasteiger partial charge < -0.3 is 15.3 Å². The molecule has 0 bridgehead atoms. The fourth-order valence-electron chi connectivity index (χ4n) is 2.52. The zero-order chi connectivity index (χ0) is 14.9. The Bertz CT molecular complexity index is 547. The molecule has 1 aliphatic heterocycles. The smallest absolute Gasteiger partial charge is 0.335 e. The van der Waals surface area contributed by atoms with Crippen LogP contribution in [0, 0.1) is 5.92 Å². The topological polar surface area (TPSA) is 69.6 Å². The van der Waals surface area contributed by atoms with Crippen LogP contribution in [0.15, 0.2) is 22.7 Å². The summed E-state index contributed by atoms with van der Waals surface area (Å²) in [7, 11) is 0. The summed E-state index contributed by atoms with van der Waals surface area (Å²) in [5.41, 5.74) is 0.619. The average molecular weight is 341 g/mol. The van der Waals surface area contributed by atoms with Crippen LogP contribution in [0.5, 0.6) is 0 Å². The second-order valence-corrected chi connectivity index (χ2v) is 6.13. The molecule has 1 aromatic rings. The number of amides is 2. The molecule has 108 valence electrons.